The van der Waals surface area contributed by atoms with E-state index in [1.165, 1.54) is 68.4 Å². The minimum absolute atomic E-state index is 0.0690. The van der Waals surface area contributed by atoms with Gasteiger partial charge in [0.15, 0.2) is 5.78 Å². The number of halogens is 1. The highest BCUT2D eigenvalue weighted by Gasteiger charge is 2.16. The highest BCUT2D eigenvalue weighted by Crippen LogP contribution is 2.21. The van der Waals surface area contributed by atoms with Crippen LogP contribution in [0.5, 0.6) is 0 Å². The molecule has 8 nitrogen and oxygen atoms in total. The minimum atomic E-state index is -0.454. The van der Waals surface area contributed by atoms with E-state index in [-0.39, 0.29) is 35.3 Å². The lowest BCUT2D eigenvalue weighted by molar-refractivity contribution is 0.0946. The molecule has 3 aromatic rings. The molecule has 0 saturated heterocycles. The van der Waals surface area contributed by atoms with E-state index >= 15 is 0 Å². The van der Waals surface area contributed by atoms with Crippen molar-refractivity contribution in [3.8, 4) is 0 Å². The molecule has 4 rings (SSSR count). The Morgan fingerprint density at radius 2 is 1.91 bits per heavy atom. The molecule has 0 spiro atoms. The summed E-state index contributed by atoms with van der Waals surface area (Å²) in [5.74, 6) is 0.0224. The first kappa shape index (κ1) is 24.4. The molecule has 3 N–H and O–H groups in total. The van der Waals surface area contributed by atoms with Crippen molar-refractivity contribution in [3.05, 3.63) is 58.9 Å². The van der Waals surface area contributed by atoms with Crippen molar-refractivity contribution in [3.63, 3.8) is 0 Å². The highest BCUT2D eigenvalue weighted by molar-refractivity contribution is 5.98. The number of amides is 1. The number of nitrogens with two attached hydrogens (primary N) is 1. The number of benzene rings is 1. The van der Waals surface area contributed by atoms with Gasteiger partial charge in [-0.1, -0.05) is 37.8 Å². The van der Waals surface area contributed by atoms with Crippen molar-refractivity contribution < 1.29 is 14.0 Å². The number of hydrogen-bond donors (Lipinski definition) is 2. The van der Waals surface area contributed by atoms with Gasteiger partial charge in [0.25, 0.3) is 11.7 Å². The Labute approximate surface area is 192 Å². The molecular weight excluding hydrogens is 423 g/mol. The lowest BCUT2D eigenvalue weighted by Gasteiger charge is -2.08. The summed E-state index contributed by atoms with van der Waals surface area (Å²) in [6.45, 7) is 4.16. The molecular formula is C24H31FN6O2. The zero-order chi connectivity index (χ0) is 23.8. The van der Waals surface area contributed by atoms with Crippen molar-refractivity contribution >= 4 is 17.5 Å². The molecule has 1 aliphatic carbocycles. The Kier molecular flexibility index (Phi) is 8.59. The summed E-state index contributed by atoms with van der Waals surface area (Å²) >= 11 is 0. The van der Waals surface area contributed by atoms with Crippen molar-refractivity contribution in [2.45, 2.75) is 58.9 Å². The van der Waals surface area contributed by atoms with Crippen molar-refractivity contribution in [1.82, 2.24) is 24.9 Å². The molecule has 0 bridgehead atoms. The SMILES string of the molecule is CC(=O)c1cc(C(=O)NCc2ccc(F)c(C)c2)nc2ncnn12.NCC1CCCCCC1. The molecule has 1 saturated carbocycles. The first-order valence-electron chi connectivity index (χ1n) is 11.3. The molecule has 1 aromatic carbocycles. The number of carbonyl (C=O) groups is 2. The topological polar surface area (TPSA) is 115 Å². The van der Waals surface area contributed by atoms with Crippen LogP contribution in [0.1, 0.15) is 77.6 Å². The van der Waals surface area contributed by atoms with Gasteiger partial charge in [-0.2, -0.15) is 14.6 Å². The number of Topliss-reactive ketones (excluding diaryl/α,β-unsaturated/α-hetero) is 1. The number of nitrogens with one attached hydrogen (secondary N) is 1. The van der Waals surface area contributed by atoms with Gasteiger partial charge in [-0.05, 0) is 55.5 Å². The van der Waals surface area contributed by atoms with Crippen LogP contribution in [0, 0.1) is 18.7 Å². The Balaban J connectivity index is 0.000000286. The van der Waals surface area contributed by atoms with Gasteiger partial charge in [-0.15, -0.1) is 0 Å². The maximum Gasteiger partial charge on any atom is 0.270 e. The Hall–Kier alpha value is -3.20. The second-order valence-corrected chi connectivity index (χ2v) is 8.41. The van der Waals surface area contributed by atoms with Crippen LogP contribution in [0.15, 0.2) is 30.6 Å². The maximum atomic E-state index is 13.3. The maximum absolute atomic E-state index is 13.3. The second-order valence-electron chi connectivity index (χ2n) is 8.41. The van der Waals surface area contributed by atoms with Gasteiger partial charge in [0.2, 0.25) is 0 Å². The van der Waals surface area contributed by atoms with E-state index in [9.17, 15) is 14.0 Å². The number of fused-ring (bicyclic) bond motifs is 1. The summed E-state index contributed by atoms with van der Waals surface area (Å²) in [6.07, 6.45) is 9.75. The fourth-order valence-corrected chi connectivity index (χ4v) is 3.87. The van der Waals surface area contributed by atoms with E-state index in [1.54, 1.807) is 19.1 Å². The Morgan fingerprint density at radius 1 is 1.18 bits per heavy atom. The van der Waals surface area contributed by atoms with E-state index in [0.717, 1.165) is 18.0 Å². The van der Waals surface area contributed by atoms with Crippen LogP contribution in [0.4, 0.5) is 4.39 Å². The van der Waals surface area contributed by atoms with Gasteiger partial charge in [-0.25, -0.2) is 9.37 Å². The standard InChI is InChI=1S/C16H14FN5O2.C8H17N/c1-9-5-11(3-4-12(9)17)7-18-15(24)13-6-14(10(2)23)22-16(21-13)19-8-20-22;9-7-8-5-3-1-2-4-6-8/h3-6,8H,7H2,1-2H3,(H,18,24);8H,1-7,9H2. The van der Waals surface area contributed by atoms with Crippen LogP contribution in [-0.4, -0.2) is 37.8 Å². The molecule has 1 fully saturated rings. The van der Waals surface area contributed by atoms with Gasteiger partial charge < -0.3 is 11.1 Å². The normalized spacial score (nSPS) is 14.3. The monoisotopic (exact) mass is 454 g/mol. The van der Waals surface area contributed by atoms with E-state index in [1.807, 2.05) is 0 Å². The first-order valence-corrected chi connectivity index (χ1v) is 11.3. The summed E-state index contributed by atoms with van der Waals surface area (Å²) in [6, 6.07) is 5.98. The third-order valence-corrected chi connectivity index (χ3v) is 5.83. The average molecular weight is 455 g/mol. The van der Waals surface area contributed by atoms with Crippen molar-refractivity contribution in [1.29, 1.82) is 0 Å². The molecule has 0 radical (unpaired) electrons. The summed E-state index contributed by atoms with van der Waals surface area (Å²) in [7, 11) is 0. The third-order valence-electron chi connectivity index (χ3n) is 5.83. The molecule has 1 aliphatic rings. The number of ketones is 1. The van der Waals surface area contributed by atoms with Gasteiger partial charge in [0, 0.05) is 13.5 Å². The number of rotatable bonds is 5. The minimum Gasteiger partial charge on any atom is -0.347 e. The fraction of sp³-hybridized carbons (Fsp3) is 0.458. The number of hydrogen-bond acceptors (Lipinski definition) is 6. The van der Waals surface area contributed by atoms with Gasteiger partial charge in [0.1, 0.15) is 23.5 Å². The van der Waals surface area contributed by atoms with Crippen LogP contribution in [0.2, 0.25) is 0 Å². The van der Waals surface area contributed by atoms with E-state index in [2.05, 4.69) is 20.4 Å². The first-order chi connectivity index (χ1) is 15.9. The molecule has 2 heterocycles. The summed E-state index contributed by atoms with van der Waals surface area (Å²) in [4.78, 5) is 32.0. The molecule has 0 unspecified atom stereocenters. The Bertz CT molecular complexity index is 1110. The summed E-state index contributed by atoms with van der Waals surface area (Å²) < 4.78 is 14.5. The quantitative estimate of drug-likeness (QED) is 0.449. The Morgan fingerprint density at radius 3 is 2.55 bits per heavy atom. The fourth-order valence-electron chi connectivity index (χ4n) is 3.87. The predicted octanol–water partition coefficient (Wildman–Crippen LogP) is 3.62. The smallest absolute Gasteiger partial charge is 0.270 e. The molecule has 0 atom stereocenters. The largest absolute Gasteiger partial charge is 0.347 e. The van der Waals surface area contributed by atoms with E-state index in [0.29, 0.717) is 5.56 Å². The van der Waals surface area contributed by atoms with E-state index in [4.69, 9.17) is 5.73 Å². The van der Waals surface area contributed by atoms with Gasteiger partial charge >= 0.3 is 0 Å². The lowest BCUT2D eigenvalue weighted by atomic mass is 10.0. The second kappa shape index (κ2) is 11.6. The predicted molar refractivity (Wildman–Crippen MR) is 123 cm³/mol. The van der Waals surface area contributed by atoms with E-state index < -0.39 is 5.91 Å². The summed E-state index contributed by atoms with van der Waals surface area (Å²) in [5.41, 5.74) is 7.13. The van der Waals surface area contributed by atoms with Crippen molar-refractivity contribution in [2.75, 3.05) is 6.54 Å². The van der Waals surface area contributed by atoms with Crippen LogP contribution in [-0.2, 0) is 6.54 Å². The lowest BCUT2D eigenvalue weighted by Crippen LogP contribution is -2.25. The number of aromatic nitrogens is 4. The molecule has 1 amide bonds. The van der Waals surface area contributed by atoms with Gasteiger partial charge in [-0.3, -0.25) is 9.59 Å². The van der Waals surface area contributed by atoms with Crippen LogP contribution < -0.4 is 11.1 Å². The molecule has 33 heavy (non-hydrogen) atoms. The van der Waals surface area contributed by atoms with Gasteiger partial charge in [0.05, 0.1) is 0 Å². The zero-order valence-corrected chi connectivity index (χ0v) is 19.2. The average Bonchev–Trinajstić information content (AvgIpc) is 3.12. The van der Waals surface area contributed by atoms with Crippen molar-refractivity contribution in [2.24, 2.45) is 11.7 Å². The van der Waals surface area contributed by atoms with Crippen LogP contribution >= 0.6 is 0 Å². The number of carbonyl (C=O) groups excluding carboxylic acids is 2. The number of nitrogens with zero attached hydrogens (tertiary/aromatic N) is 4. The highest BCUT2D eigenvalue weighted by atomic mass is 19.1. The molecule has 9 heteroatoms. The number of aryl methyl sites for hydroxylation is 1. The summed E-state index contributed by atoms with van der Waals surface area (Å²) in [5, 5.41) is 6.60. The third kappa shape index (κ3) is 6.64. The van der Waals surface area contributed by atoms with Crippen LogP contribution in [0.3, 0.4) is 0 Å². The molecule has 176 valence electrons. The van der Waals surface area contributed by atoms with Crippen LogP contribution in [0.25, 0.3) is 5.78 Å². The molecule has 2 aromatic heterocycles. The molecule has 0 aliphatic heterocycles. The zero-order valence-electron chi connectivity index (χ0n) is 19.2.